The zero-order valence-corrected chi connectivity index (χ0v) is 8.42. The lowest BCUT2D eigenvalue weighted by Crippen LogP contribution is -2.10. The molecule has 1 aromatic rings. The first-order valence-electron chi connectivity index (χ1n) is 4.78. The highest BCUT2D eigenvalue weighted by Gasteiger charge is 2.18. The number of halogens is 1. The highest BCUT2D eigenvalue weighted by molar-refractivity contribution is 5.94. The van der Waals surface area contributed by atoms with Gasteiger partial charge in [0.05, 0.1) is 7.11 Å². The quantitative estimate of drug-likeness (QED) is 0.659. The predicted octanol–water partition coefficient (Wildman–Crippen LogP) is 2.33. The molecule has 0 fully saturated rings. The van der Waals surface area contributed by atoms with Crippen LogP contribution in [0.3, 0.4) is 0 Å². The van der Waals surface area contributed by atoms with Crippen LogP contribution < -0.4 is 0 Å². The minimum absolute atomic E-state index is 0.201. The van der Waals surface area contributed by atoms with Crippen LogP contribution in [0.1, 0.15) is 17.5 Å². The second kappa shape index (κ2) is 3.85. The highest BCUT2D eigenvalue weighted by Crippen LogP contribution is 2.26. The molecule has 0 spiro atoms. The molecule has 1 aliphatic rings. The predicted molar refractivity (Wildman–Crippen MR) is 54.7 cm³/mol. The van der Waals surface area contributed by atoms with Crippen molar-refractivity contribution in [2.45, 2.75) is 12.8 Å². The summed E-state index contributed by atoms with van der Waals surface area (Å²) >= 11 is 0. The maximum Gasteiger partial charge on any atom is 0.333 e. The highest BCUT2D eigenvalue weighted by atomic mass is 19.1. The van der Waals surface area contributed by atoms with Crippen LogP contribution in [-0.4, -0.2) is 13.1 Å². The van der Waals surface area contributed by atoms with E-state index >= 15 is 0 Å². The van der Waals surface area contributed by atoms with Crippen molar-refractivity contribution in [3.8, 4) is 0 Å². The molecule has 0 saturated carbocycles. The second-order valence-corrected chi connectivity index (χ2v) is 3.47. The summed E-state index contributed by atoms with van der Waals surface area (Å²) in [6, 6.07) is 4.89. The van der Waals surface area contributed by atoms with Crippen molar-refractivity contribution >= 4 is 12.0 Å². The van der Waals surface area contributed by atoms with Crippen LogP contribution in [-0.2, 0) is 16.0 Å². The minimum atomic E-state index is -0.329. The fraction of sp³-hybridized carbons (Fsp3) is 0.250. The summed E-state index contributed by atoms with van der Waals surface area (Å²) in [5.41, 5.74) is 2.07. The summed E-state index contributed by atoms with van der Waals surface area (Å²) < 4.78 is 18.0. The standard InChI is InChI=1S/C12H11FO2/c1-15-12(14)9-5-6-10-8(7-9)3-2-4-11(10)13/h2-4,7H,5-6H2,1H3. The topological polar surface area (TPSA) is 26.3 Å². The van der Waals surface area contributed by atoms with Crippen LogP contribution >= 0.6 is 0 Å². The largest absolute Gasteiger partial charge is 0.466 e. The molecule has 0 amide bonds. The van der Waals surface area contributed by atoms with E-state index in [2.05, 4.69) is 4.74 Å². The average molecular weight is 206 g/mol. The fourth-order valence-corrected chi connectivity index (χ4v) is 1.79. The Bertz CT molecular complexity index is 435. The lowest BCUT2D eigenvalue weighted by Gasteiger charge is -2.15. The Kier molecular flexibility index (Phi) is 2.54. The molecule has 0 aromatic heterocycles. The summed E-state index contributed by atoms with van der Waals surface area (Å²) in [5.74, 6) is -0.530. The van der Waals surface area contributed by atoms with Gasteiger partial charge in [0.2, 0.25) is 0 Å². The number of carbonyl (C=O) groups excluding carboxylic acids is 1. The van der Waals surface area contributed by atoms with Gasteiger partial charge >= 0.3 is 5.97 Å². The maximum absolute atomic E-state index is 13.3. The summed E-state index contributed by atoms with van der Waals surface area (Å²) in [6.07, 6.45) is 2.80. The third kappa shape index (κ3) is 1.77. The van der Waals surface area contributed by atoms with E-state index in [0.717, 1.165) is 5.56 Å². The normalized spacial score (nSPS) is 14.1. The molecule has 0 saturated heterocycles. The molecule has 15 heavy (non-hydrogen) atoms. The van der Waals surface area contributed by atoms with E-state index in [4.69, 9.17) is 0 Å². The van der Waals surface area contributed by atoms with Crippen LogP contribution in [0.25, 0.3) is 6.08 Å². The molecule has 0 bridgehead atoms. The molecule has 0 aliphatic heterocycles. The van der Waals surface area contributed by atoms with E-state index in [1.165, 1.54) is 13.2 Å². The Hall–Kier alpha value is -1.64. The van der Waals surface area contributed by atoms with Crippen molar-refractivity contribution in [3.63, 3.8) is 0 Å². The number of methoxy groups -OCH3 is 1. The minimum Gasteiger partial charge on any atom is -0.466 e. The third-order valence-electron chi connectivity index (χ3n) is 2.58. The van der Waals surface area contributed by atoms with E-state index in [-0.39, 0.29) is 11.8 Å². The zero-order chi connectivity index (χ0) is 10.8. The Labute approximate surface area is 87.4 Å². The molecule has 1 aliphatic carbocycles. The summed E-state index contributed by atoms with van der Waals surface area (Å²) in [5, 5.41) is 0. The molecular weight excluding hydrogens is 195 g/mol. The number of hydrogen-bond acceptors (Lipinski definition) is 2. The van der Waals surface area contributed by atoms with Gasteiger partial charge < -0.3 is 4.74 Å². The Morgan fingerprint density at radius 2 is 2.20 bits per heavy atom. The van der Waals surface area contributed by atoms with Gasteiger partial charge in [0.25, 0.3) is 0 Å². The van der Waals surface area contributed by atoms with Gasteiger partial charge in [-0.05, 0) is 36.1 Å². The first kappa shape index (κ1) is 9.90. The summed E-state index contributed by atoms with van der Waals surface area (Å²) in [7, 11) is 1.35. The molecule has 0 heterocycles. The number of rotatable bonds is 1. The second-order valence-electron chi connectivity index (χ2n) is 3.47. The fourth-order valence-electron chi connectivity index (χ4n) is 1.79. The molecule has 0 radical (unpaired) electrons. The molecule has 78 valence electrons. The van der Waals surface area contributed by atoms with E-state index in [1.54, 1.807) is 18.2 Å². The van der Waals surface area contributed by atoms with Crippen molar-refractivity contribution in [1.82, 2.24) is 0 Å². The number of ether oxygens (including phenoxy) is 1. The number of carbonyl (C=O) groups is 1. The lowest BCUT2D eigenvalue weighted by molar-refractivity contribution is -0.136. The Morgan fingerprint density at radius 1 is 1.40 bits per heavy atom. The van der Waals surface area contributed by atoms with Crippen molar-refractivity contribution in [2.24, 2.45) is 0 Å². The SMILES string of the molecule is COC(=O)C1=Cc2cccc(F)c2CC1. The van der Waals surface area contributed by atoms with Crippen LogP contribution in [0, 0.1) is 5.82 Å². The first-order chi connectivity index (χ1) is 7.22. The van der Waals surface area contributed by atoms with Crippen LogP contribution in [0.15, 0.2) is 23.8 Å². The van der Waals surface area contributed by atoms with Crippen molar-refractivity contribution in [1.29, 1.82) is 0 Å². The molecule has 2 rings (SSSR count). The van der Waals surface area contributed by atoms with Crippen LogP contribution in [0.5, 0.6) is 0 Å². The van der Waals surface area contributed by atoms with Gasteiger partial charge in [0, 0.05) is 5.57 Å². The molecule has 0 N–H and O–H groups in total. The van der Waals surface area contributed by atoms with Gasteiger partial charge in [-0.15, -0.1) is 0 Å². The number of hydrogen-bond donors (Lipinski definition) is 0. The van der Waals surface area contributed by atoms with Gasteiger partial charge in [0.1, 0.15) is 5.82 Å². The zero-order valence-electron chi connectivity index (χ0n) is 8.42. The molecule has 0 atom stereocenters. The van der Waals surface area contributed by atoms with Gasteiger partial charge in [-0.1, -0.05) is 12.1 Å². The van der Waals surface area contributed by atoms with Crippen molar-refractivity contribution < 1.29 is 13.9 Å². The van der Waals surface area contributed by atoms with Gasteiger partial charge in [-0.3, -0.25) is 0 Å². The van der Waals surface area contributed by atoms with Crippen molar-refractivity contribution in [3.05, 3.63) is 40.7 Å². The van der Waals surface area contributed by atoms with Gasteiger partial charge in [0.15, 0.2) is 0 Å². The average Bonchev–Trinajstić information content (AvgIpc) is 2.28. The van der Waals surface area contributed by atoms with Crippen LogP contribution in [0.2, 0.25) is 0 Å². The number of benzene rings is 1. The van der Waals surface area contributed by atoms with Crippen molar-refractivity contribution in [2.75, 3.05) is 7.11 Å². The number of esters is 1. The molecular formula is C12H11FO2. The van der Waals surface area contributed by atoms with E-state index < -0.39 is 0 Å². The third-order valence-corrected chi connectivity index (χ3v) is 2.58. The molecule has 1 aromatic carbocycles. The van der Waals surface area contributed by atoms with E-state index in [1.807, 2.05) is 0 Å². The maximum atomic E-state index is 13.3. The first-order valence-corrected chi connectivity index (χ1v) is 4.78. The Balaban J connectivity index is 2.42. The smallest absolute Gasteiger partial charge is 0.333 e. The van der Waals surface area contributed by atoms with Crippen LogP contribution in [0.4, 0.5) is 4.39 Å². The van der Waals surface area contributed by atoms with Gasteiger partial charge in [-0.2, -0.15) is 0 Å². The monoisotopic (exact) mass is 206 g/mol. The number of fused-ring (bicyclic) bond motifs is 1. The Morgan fingerprint density at radius 3 is 2.93 bits per heavy atom. The summed E-state index contributed by atoms with van der Waals surface area (Å²) in [6.45, 7) is 0. The summed E-state index contributed by atoms with van der Waals surface area (Å²) in [4.78, 5) is 11.3. The van der Waals surface area contributed by atoms with E-state index in [9.17, 15) is 9.18 Å². The molecule has 2 nitrogen and oxygen atoms in total. The lowest BCUT2D eigenvalue weighted by atomic mass is 9.92. The van der Waals surface area contributed by atoms with E-state index in [0.29, 0.717) is 24.0 Å². The molecule has 0 unspecified atom stereocenters. The molecule has 3 heteroatoms. The van der Waals surface area contributed by atoms with Gasteiger partial charge in [-0.25, -0.2) is 9.18 Å².